The number of carbonyl (C=O) groups excluding carboxylic acids is 1. The van der Waals surface area contributed by atoms with Crippen molar-refractivity contribution in [3.05, 3.63) is 72.6 Å². The number of nitrogens with one attached hydrogen (secondary N) is 2. The summed E-state index contributed by atoms with van der Waals surface area (Å²) in [5.41, 5.74) is 2.16. The Hall–Kier alpha value is -5.09. The molecule has 4 aromatic heterocycles. The smallest absolute Gasteiger partial charge is 0.228 e. The van der Waals surface area contributed by atoms with Crippen LogP contribution in [0.2, 0.25) is 0 Å². The Labute approximate surface area is 261 Å². The highest BCUT2D eigenvalue weighted by molar-refractivity contribution is 5.93. The van der Waals surface area contributed by atoms with Crippen molar-refractivity contribution in [3.63, 3.8) is 0 Å². The van der Waals surface area contributed by atoms with Crippen molar-refractivity contribution in [2.24, 2.45) is 0 Å². The molecule has 2 aliphatic rings. The van der Waals surface area contributed by atoms with Gasteiger partial charge in [0.05, 0.1) is 25.5 Å². The standard InChI is InChI=1S/C32H35N11O2/c1-2-27-36-17-23(18-37-27)21-4-10-29(38-15-21)43(30(44)11-9-28-34-12-3-13-35-28)26-7-5-24(6-8-26)41-32-39-16-22(14-33)31(42-32)40-25-19-45-20-25/h3-4,10,12-13,15-18,24-26H,2,5-9,11,19-20H2,1H3,(H2,39,40,41,42). The van der Waals surface area contributed by atoms with Crippen LogP contribution in [0.4, 0.5) is 17.6 Å². The van der Waals surface area contributed by atoms with Gasteiger partial charge < -0.3 is 15.4 Å². The van der Waals surface area contributed by atoms with Gasteiger partial charge in [0.1, 0.15) is 34.9 Å². The zero-order valence-electron chi connectivity index (χ0n) is 25.1. The normalized spacial score (nSPS) is 18.0. The Kier molecular flexibility index (Phi) is 9.41. The number of anilines is 3. The van der Waals surface area contributed by atoms with Gasteiger partial charge >= 0.3 is 0 Å². The number of aryl methyl sites for hydroxylation is 2. The van der Waals surface area contributed by atoms with Crippen LogP contribution in [0.15, 0.2) is 55.4 Å². The molecular weight excluding hydrogens is 570 g/mol. The number of hydrogen-bond donors (Lipinski definition) is 2. The Bertz CT molecular complexity index is 1620. The quantitative estimate of drug-likeness (QED) is 0.254. The first-order valence-electron chi connectivity index (χ1n) is 15.3. The second-order valence-corrected chi connectivity index (χ2v) is 11.2. The maximum Gasteiger partial charge on any atom is 0.228 e. The molecule has 1 aliphatic heterocycles. The minimum Gasteiger partial charge on any atom is -0.377 e. The maximum absolute atomic E-state index is 13.8. The van der Waals surface area contributed by atoms with Gasteiger partial charge in [0, 0.05) is 73.5 Å². The first kappa shape index (κ1) is 30.0. The lowest BCUT2D eigenvalue weighted by atomic mass is 9.89. The molecule has 5 heterocycles. The van der Waals surface area contributed by atoms with E-state index in [1.54, 1.807) is 43.2 Å². The molecule has 4 aromatic rings. The van der Waals surface area contributed by atoms with Gasteiger partial charge in [0.15, 0.2) is 0 Å². The lowest BCUT2D eigenvalue weighted by Gasteiger charge is -2.36. The molecule has 1 saturated heterocycles. The molecule has 1 amide bonds. The van der Waals surface area contributed by atoms with E-state index >= 15 is 0 Å². The zero-order chi connectivity index (χ0) is 31.0. The van der Waals surface area contributed by atoms with Crippen LogP contribution in [0, 0.1) is 11.3 Å². The van der Waals surface area contributed by atoms with Crippen molar-refractivity contribution in [2.75, 3.05) is 28.7 Å². The van der Waals surface area contributed by atoms with Crippen LogP contribution in [0.25, 0.3) is 11.1 Å². The van der Waals surface area contributed by atoms with Crippen LogP contribution < -0.4 is 15.5 Å². The number of hydrogen-bond acceptors (Lipinski definition) is 12. The molecule has 2 fully saturated rings. The first-order valence-corrected chi connectivity index (χ1v) is 15.3. The first-order chi connectivity index (χ1) is 22.1. The molecule has 230 valence electrons. The number of amides is 1. The number of carbonyl (C=O) groups is 1. The molecule has 1 aliphatic carbocycles. The van der Waals surface area contributed by atoms with E-state index in [2.05, 4.69) is 46.6 Å². The maximum atomic E-state index is 13.8. The zero-order valence-corrected chi connectivity index (χ0v) is 25.1. The van der Waals surface area contributed by atoms with Crippen LogP contribution in [0.1, 0.15) is 56.2 Å². The van der Waals surface area contributed by atoms with E-state index in [0.29, 0.717) is 48.6 Å². The van der Waals surface area contributed by atoms with Crippen LogP contribution in [-0.2, 0) is 22.4 Å². The van der Waals surface area contributed by atoms with Gasteiger partial charge in [0.25, 0.3) is 0 Å². The van der Waals surface area contributed by atoms with Gasteiger partial charge in [-0.2, -0.15) is 10.2 Å². The molecule has 0 atom stereocenters. The minimum atomic E-state index is -0.0181. The van der Waals surface area contributed by atoms with Gasteiger partial charge in [-0.25, -0.2) is 29.9 Å². The summed E-state index contributed by atoms with van der Waals surface area (Å²) in [7, 11) is 0. The van der Waals surface area contributed by atoms with Gasteiger partial charge in [0.2, 0.25) is 11.9 Å². The lowest BCUT2D eigenvalue weighted by Crippen LogP contribution is -2.45. The molecule has 0 spiro atoms. The number of pyridine rings is 1. The van der Waals surface area contributed by atoms with Crippen molar-refractivity contribution in [3.8, 4) is 17.2 Å². The number of ether oxygens (including phenoxy) is 1. The van der Waals surface area contributed by atoms with Crippen LogP contribution >= 0.6 is 0 Å². The second-order valence-electron chi connectivity index (χ2n) is 11.2. The molecule has 45 heavy (non-hydrogen) atoms. The van der Waals surface area contributed by atoms with E-state index in [4.69, 9.17) is 9.72 Å². The highest BCUT2D eigenvalue weighted by Crippen LogP contribution is 2.30. The van der Waals surface area contributed by atoms with Gasteiger partial charge in [-0.1, -0.05) is 6.92 Å². The molecule has 13 nitrogen and oxygen atoms in total. The summed E-state index contributed by atoms with van der Waals surface area (Å²) in [4.78, 5) is 46.7. The van der Waals surface area contributed by atoms with Crippen LogP contribution in [0.5, 0.6) is 0 Å². The fourth-order valence-electron chi connectivity index (χ4n) is 5.52. The summed E-state index contributed by atoms with van der Waals surface area (Å²) in [6, 6.07) is 8.03. The van der Waals surface area contributed by atoms with Gasteiger partial charge in [-0.15, -0.1) is 0 Å². The topological polar surface area (TPSA) is 168 Å². The van der Waals surface area contributed by atoms with E-state index in [1.807, 2.05) is 24.0 Å². The summed E-state index contributed by atoms with van der Waals surface area (Å²) >= 11 is 0. The minimum absolute atomic E-state index is 0.0131. The summed E-state index contributed by atoms with van der Waals surface area (Å²) in [6.07, 6.45) is 15.0. The number of aromatic nitrogens is 7. The third kappa shape index (κ3) is 7.35. The van der Waals surface area contributed by atoms with Crippen LogP contribution in [-0.4, -0.2) is 72.1 Å². The third-order valence-corrected chi connectivity index (χ3v) is 8.08. The van der Waals surface area contributed by atoms with Gasteiger partial charge in [-0.05, 0) is 43.9 Å². The van der Waals surface area contributed by atoms with E-state index in [9.17, 15) is 10.1 Å². The average molecular weight is 606 g/mol. The Morgan fingerprint density at radius 1 is 0.911 bits per heavy atom. The Morgan fingerprint density at radius 3 is 2.31 bits per heavy atom. The van der Waals surface area contributed by atoms with E-state index < -0.39 is 0 Å². The second kappa shape index (κ2) is 14.1. The van der Waals surface area contributed by atoms with Crippen molar-refractivity contribution in [2.45, 2.75) is 70.0 Å². The van der Waals surface area contributed by atoms with Gasteiger partial charge in [-0.3, -0.25) is 9.69 Å². The van der Waals surface area contributed by atoms with Crippen molar-refractivity contribution >= 4 is 23.5 Å². The number of nitrogens with zero attached hydrogens (tertiary/aromatic N) is 9. The molecule has 6 rings (SSSR count). The van der Waals surface area contributed by atoms with Crippen molar-refractivity contribution in [1.29, 1.82) is 5.26 Å². The summed E-state index contributed by atoms with van der Waals surface area (Å²) in [6.45, 7) is 3.20. The highest BCUT2D eigenvalue weighted by atomic mass is 16.5. The SMILES string of the molecule is CCc1ncc(-c2ccc(N(C(=O)CCc3ncccn3)C3CCC(Nc4ncc(C#N)c(NC5COC5)n4)CC3)nc2)cn1. The predicted octanol–water partition coefficient (Wildman–Crippen LogP) is 3.75. The summed E-state index contributed by atoms with van der Waals surface area (Å²) in [5.74, 6) is 3.02. The monoisotopic (exact) mass is 605 g/mol. The Morgan fingerprint density at radius 2 is 1.67 bits per heavy atom. The molecule has 0 unspecified atom stereocenters. The molecular formula is C32H35N11O2. The predicted molar refractivity (Wildman–Crippen MR) is 167 cm³/mol. The molecule has 2 N–H and O–H groups in total. The number of nitriles is 1. The average Bonchev–Trinajstić information content (AvgIpc) is 3.07. The van der Waals surface area contributed by atoms with Crippen LogP contribution in [0.3, 0.4) is 0 Å². The summed E-state index contributed by atoms with van der Waals surface area (Å²) in [5, 5.41) is 16.2. The lowest BCUT2D eigenvalue weighted by molar-refractivity contribution is -0.119. The highest BCUT2D eigenvalue weighted by Gasteiger charge is 2.31. The van der Waals surface area contributed by atoms with Crippen molar-refractivity contribution in [1.82, 2.24) is 34.9 Å². The van der Waals surface area contributed by atoms with E-state index in [1.165, 1.54) is 0 Å². The largest absolute Gasteiger partial charge is 0.377 e. The molecule has 13 heteroatoms. The summed E-state index contributed by atoms with van der Waals surface area (Å²) < 4.78 is 5.23. The molecule has 1 saturated carbocycles. The fourth-order valence-corrected chi connectivity index (χ4v) is 5.52. The molecule has 0 radical (unpaired) electrons. The Balaban J connectivity index is 1.15. The van der Waals surface area contributed by atoms with Crippen molar-refractivity contribution < 1.29 is 9.53 Å². The molecule has 0 aromatic carbocycles. The molecule has 0 bridgehead atoms. The third-order valence-electron chi connectivity index (χ3n) is 8.08. The number of rotatable bonds is 11. The van der Waals surface area contributed by atoms with E-state index in [-0.39, 0.29) is 30.5 Å². The fraction of sp³-hybridized carbons (Fsp3) is 0.406. The van der Waals surface area contributed by atoms with E-state index in [0.717, 1.165) is 49.1 Å².